The fourth-order valence-corrected chi connectivity index (χ4v) is 3.72. The van der Waals surface area contributed by atoms with Gasteiger partial charge in [0.1, 0.15) is 5.60 Å². The number of nitrogens with one attached hydrogen (secondary N) is 2. The number of rotatable bonds is 2. The van der Waals surface area contributed by atoms with E-state index in [1.165, 1.54) is 11.0 Å². The number of amides is 3. The SMILES string of the molecule is CC(C)(C)OC(=O)N[C@@H]1CCCN(C(=O)Nc2c(Cl)cc(Br)cc2C(F)(F)F)C1. The van der Waals surface area contributed by atoms with Crippen LogP contribution in [-0.4, -0.2) is 41.8 Å². The van der Waals surface area contributed by atoms with E-state index >= 15 is 0 Å². The number of halogens is 5. The van der Waals surface area contributed by atoms with Crippen LogP contribution >= 0.6 is 27.5 Å². The Morgan fingerprint density at radius 1 is 1.28 bits per heavy atom. The van der Waals surface area contributed by atoms with Crippen molar-refractivity contribution in [1.29, 1.82) is 0 Å². The van der Waals surface area contributed by atoms with Crippen LogP contribution in [0, 0.1) is 0 Å². The molecule has 3 amide bonds. The fourth-order valence-electron chi connectivity index (χ4n) is 2.86. The number of benzene rings is 1. The lowest BCUT2D eigenvalue weighted by molar-refractivity contribution is -0.137. The smallest absolute Gasteiger partial charge is 0.418 e. The summed E-state index contributed by atoms with van der Waals surface area (Å²) in [6, 6.07) is 1.03. The van der Waals surface area contributed by atoms with E-state index in [0.29, 0.717) is 19.4 Å². The summed E-state index contributed by atoms with van der Waals surface area (Å²) < 4.78 is 45.3. The maximum Gasteiger partial charge on any atom is 0.418 e. The van der Waals surface area contributed by atoms with Crippen molar-refractivity contribution >= 4 is 45.3 Å². The van der Waals surface area contributed by atoms with Crippen LogP contribution < -0.4 is 10.6 Å². The van der Waals surface area contributed by atoms with E-state index in [2.05, 4.69) is 26.6 Å². The summed E-state index contributed by atoms with van der Waals surface area (Å²) in [5.41, 5.74) is -2.22. The number of anilines is 1. The zero-order chi connectivity index (χ0) is 22.0. The van der Waals surface area contributed by atoms with Gasteiger partial charge in [0.15, 0.2) is 0 Å². The Labute approximate surface area is 180 Å². The fraction of sp³-hybridized carbons (Fsp3) is 0.556. The topological polar surface area (TPSA) is 70.7 Å². The van der Waals surface area contributed by atoms with Crippen LogP contribution in [0.3, 0.4) is 0 Å². The lowest BCUT2D eigenvalue weighted by Crippen LogP contribution is -2.51. The first-order valence-corrected chi connectivity index (χ1v) is 10.0. The third kappa shape index (κ3) is 6.95. The summed E-state index contributed by atoms with van der Waals surface area (Å²) >= 11 is 8.92. The van der Waals surface area contributed by atoms with Crippen LogP contribution in [0.15, 0.2) is 16.6 Å². The van der Waals surface area contributed by atoms with Crippen LogP contribution in [0.1, 0.15) is 39.2 Å². The van der Waals surface area contributed by atoms with Crippen LogP contribution in [0.5, 0.6) is 0 Å². The summed E-state index contributed by atoms with van der Waals surface area (Å²) in [4.78, 5) is 25.8. The van der Waals surface area contributed by atoms with Crippen LogP contribution in [-0.2, 0) is 10.9 Å². The molecule has 1 atom stereocenters. The molecule has 6 nitrogen and oxygen atoms in total. The van der Waals surface area contributed by atoms with Crippen molar-refractivity contribution < 1.29 is 27.5 Å². The molecule has 0 spiro atoms. The monoisotopic (exact) mass is 499 g/mol. The summed E-state index contributed by atoms with van der Waals surface area (Å²) in [5, 5.41) is 4.71. The summed E-state index contributed by atoms with van der Waals surface area (Å²) in [6.07, 6.45) is -4.11. The molecule has 0 unspecified atom stereocenters. The first kappa shape index (κ1) is 23.6. The average molecular weight is 501 g/mol. The normalized spacial score (nSPS) is 17.7. The molecule has 0 aliphatic carbocycles. The van der Waals surface area contributed by atoms with E-state index in [0.717, 1.165) is 6.07 Å². The van der Waals surface area contributed by atoms with Gasteiger partial charge in [-0.3, -0.25) is 0 Å². The number of hydrogen-bond donors (Lipinski definition) is 2. The second kappa shape index (κ2) is 8.99. The molecule has 2 rings (SSSR count). The molecule has 29 heavy (non-hydrogen) atoms. The third-order valence-electron chi connectivity index (χ3n) is 4.02. The van der Waals surface area contributed by atoms with Crippen LogP contribution in [0.25, 0.3) is 0 Å². The Morgan fingerprint density at radius 3 is 2.52 bits per heavy atom. The van der Waals surface area contributed by atoms with Gasteiger partial charge in [-0.2, -0.15) is 13.2 Å². The molecular weight excluding hydrogens is 479 g/mol. The maximum absolute atomic E-state index is 13.3. The van der Waals surface area contributed by atoms with Gasteiger partial charge in [0.05, 0.1) is 16.3 Å². The molecule has 0 saturated carbocycles. The number of nitrogens with zero attached hydrogens (tertiary/aromatic N) is 1. The number of alkyl carbamates (subject to hydrolysis) is 1. The molecule has 0 bridgehead atoms. The number of likely N-dealkylation sites (tertiary alicyclic amines) is 1. The van der Waals surface area contributed by atoms with Crippen LogP contribution in [0.2, 0.25) is 5.02 Å². The zero-order valence-corrected chi connectivity index (χ0v) is 18.5. The van der Waals surface area contributed by atoms with Crippen molar-refractivity contribution in [3.63, 3.8) is 0 Å². The summed E-state index contributed by atoms with van der Waals surface area (Å²) in [6.45, 7) is 5.67. The maximum atomic E-state index is 13.3. The van der Waals surface area contributed by atoms with Gasteiger partial charge in [-0.1, -0.05) is 27.5 Å². The lowest BCUT2D eigenvalue weighted by Gasteiger charge is -2.33. The Balaban J connectivity index is 2.09. The van der Waals surface area contributed by atoms with Gasteiger partial charge in [-0.05, 0) is 45.7 Å². The highest BCUT2D eigenvalue weighted by molar-refractivity contribution is 9.10. The Bertz CT molecular complexity index is 784. The van der Waals surface area contributed by atoms with Crippen molar-refractivity contribution in [2.45, 2.75) is 51.4 Å². The first-order valence-electron chi connectivity index (χ1n) is 8.88. The van der Waals surface area contributed by atoms with Crippen molar-refractivity contribution in [2.75, 3.05) is 18.4 Å². The van der Waals surface area contributed by atoms with Gasteiger partial charge in [-0.25, -0.2) is 9.59 Å². The van der Waals surface area contributed by atoms with Crippen molar-refractivity contribution in [2.24, 2.45) is 0 Å². The molecular formula is C18H22BrClF3N3O3. The molecule has 1 heterocycles. The van der Waals surface area contributed by atoms with E-state index in [1.807, 2.05) is 0 Å². The number of ether oxygens (including phenoxy) is 1. The van der Waals surface area contributed by atoms with Crippen molar-refractivity contribution in [3.8, 4) is 0 Å². The van der Waals surface area contributed by atoms with Gasteiger partial charge in [0.2, 0.25) is 0 Å². The van der Waals surface area contributed by atoms with E-state index in [9.17, 15) is 22.8 Å². The van der Waals surface area contributed by atoms with Gasteiger partial charge in [-0.15, -0.1) is 0 Å². The Kier molecular flexibility index (Phi) is 7.32. The standard InChI is InChI=1S/C18H22BrClF3N3O3/c1-17(2,3)29-16(28)24-11-5-4-6-26(9-11)15(27)25-14-12(18(21,22)23)7-10(19)8-13(14)20/h7-8,11H,4-6,9H2,1-3H3,(H,24,28)(H,25,27)/t11-/m1/s1. The van der Waals surface area contributed by atoms with Gasteiger partial charge in [0, 0.05) is 23.6 Å². The highest BCUT2D eigenvalue weighted by atomic mass is 79.9. The molecule has 2 N–H and O–H groups in total. The molecule has 0 aromatic heterocycles. The molecule has 1 aromatic rings. The van der Waals surface area contributed by atoms with E-state index < -0.39 is 35.2 Å². The number of carbonyl (C=O) groups is 2. The zero-order valence-electron chi connectivity index (χ0n) is 16.1. The Morgan fingerprint density at radius 2 is 1.93 bits per heavy atom. The molecule has 162 valence electrons. The number of hydrogen-bond acceptors (Lipinski definition) is 3. The minimum atomic E-state index is -4.70. The molecule has 1 aliphatic rings. The number of alkyl halides is 3. The highest BCUT2D eigenvalue weighted by Gasteiger charge is 2.36. The van der Waals surface area contributed by atoms with E-state index in [1.54, 1.807) is 20.8 Å². The number of carbonyl (C=O) groups excluding carboxylic acids is 2. The van der Waals surface area contributed by atoms with E-state index in [4.69, 9.17) is 16.3 Å². The Hall–Kier alpha value is -1.68. The van der Waals surface area contributed by atoms with Crippen LogP contribution in [0.4, 0.5) is 28.4 Å². The second-order valence-electron chi connectivity index (χ2n) is 7.67. The largest absolute Gasteiger partial charge is 0.444 e. The molecule has 11 heteroatoms. The number of piperidine rings is 1. The molecule has 1 aliphatic heterocycles. The summed E-state index contributed by atoms with van der Waals surface area (Å²) in [7, 11) is 0. The minimum Gasteiger partial charge on any atom is -0.444 e. The van der Waals surface area contributed by atoms with Crippen molar-refractivity contribution in [3.05, 3.63) is 27.2 Å². The quantitative estimate of drug-likeness (QED) is 0.552. The molecule has 1 saturated heterocycles. The highest BCUT2D eigenvalue weighted by Crippen LogP contribution is 2.40. The van der Waals surface area contributed by atoms with Gasteiger partial charge >= 0.3 is 18.3 Å². The van der Waals surface area contributed by atoms with Gasteiger partial charge in [0.25, 0.3) is 0 Å². The lowest BCUT2D eigenvalue weighted by atomic mass is 10.1. The summed E-state index contributed by atoms with van der Waals surface area (Å²) in [5.74, 6) is 0. The van der Waals surface area contributed by atoms with Crippen molar-refractivity contribution in [1.82, 2.24) is 10.2 Å². The molecule has 1 aromatic carbocycles. The third-order valence-corrected chi connectivity index (χ3v) is 4.78. The average Bonchev–Trinajstić information content (AvgIpc) is 2.54. The van der Waals surface area contributed by atoms with E-state index in [-0.39, 0.29) is 22.1 Å². The molecule has 0 radical (unpaired) electrons. The second-order valence-corrected chi connectivity index (χ2v) is 8.99. The molecule has 1 fully saturated rings. The predicted octanol–water partition coefficient (Wildman–Crippen LogP) is 5.64. The predicted molar refractivity (Wildman–Crippen MR) is 107 cm³/mol. The minimum absolute atomic E-state index is 0.139. The van der Waals surface area contributed by atoms with Gasteiger partial charge < -0.3 is 20.3 Å². The number of urea groups is 1. The first-order chi connectivity index (χ1) is 13.3.